The zero-order valence-corrected chi connectivity index (χ0v) is 17.7. The van der Waals surface area contributed by atoms with Crippen LogP contribution in [-0.4, -0.2) is 39.6 Å². The van der Waals surface area contributed by atoms with E-state index in [0.717, 1.165) is 43.6 Å². The summed E-state index contributed by atoms with van der Waals surface area (Å²) in [6.07, 6.45) is 11.3. The highest BCUT2D eigenvalue weighted by molar-refractivity contribution is 5.77. The van der Waals surface area contributed by atoms with Gasteiger partial charge in [0.25, 0.3) is 0 Å². The Morgan fingerprint density at radius 3 is 2.36 bits per heavy atom. The first-order valence-corrected chi connectivity index (χ1v) is 11.0. The van der Waals surface area contributed by atoms with E-state index in [1.54, 1.807) is 0 Å². The average Bonchev–Trinajstić information content (AvgIpc) is 3.02. The molecule has 1 aromatic rings. The van der Waals surface area contributed by atoms with E-state index in [1.165, 1.54) is 32.1 Å². The number of aryl methyl sites for hydroxylation is 1. The molecule has 0 aromatic carbocycles. The summed E-state index contributed by atoms with van der Waals surface area (Å²) in [7, 11) is 1.91. The van der Waals surface area contributed by atoms with E-state index in [9.17, 15) is 9.59 Å². The fraction of sp³-hybridized carbons (Fsp3) is 0.773. The molecule has 3 rings (SSSR count). The van der Waals surface area contributed by atoms with Crippen molar-refractivity contribution in [2.24, 2.45) is 18.9 Å². The Balaban J connectivity index is 1.39. The van der Waals surface area contributed by atoms with Gasteiger partial charge in [0.15, 0.2) is 0 Å². The predicted octanol–water partition coefficient (Wildman–Crippen LogP) is 3.50. The average molecular weight is 389 g/mol. The molecule has 0 unspecified atom stereocenters. The maximum atomic E-state index is 12.6. The largest absolute Gasteiger partial charge is 0.349 e. The van der Waals surface area contributed by atoms with Gasteiger partial charge in [-0.05, 0) is 51.4 Å². The number of hydrogen-bond donors (Lipinski definition) is 1. The summed E-state index contributed by atoms with van der Waals surface area (Å²) >= 11 is 0. The van der Waals surface area contributed by atoms with Crippen LogP contribution in [0.5, 0.6) is 0 Å². The normalized spacial score (nSPS) is 20.2. The number of piperidine rings is 1. The van der Waals surface area contributed by atoms with Crippen molar-refractivity contribution in [1.82, 2.24) is 20.0 Å². The lowest BCUT2D eigenvalue weighted by atomic mass is 9.86. The van der Waals surface area contributed by atoms with Crippen molar-refractivity contribution in [2.75, 3.05) is 13.1 Å². The fourth-order valence-electron chi connectivity index (χ4n) is 4.73. The highest BCUT2D eigenvalue weighted by atomic mass is 16.2. The van der Waals surface area contributed by atoms with Crippen molar-refractivity contribution in [3.8, 4) is 0 Å². The van der Waals surface area contributed by atoms with Crippen LogP contribution in [0.1, 0.15) is 82.0 Å². The molecule has 156 valence electrons. The highest BCUT2D eigenvalue weighted by Gasteiger charge is 2.27. The lowest BCUT2D eigenvalue weighted by molar-refractivity contribution is -0.134. The van der Waals surface area contributed by atoms with Gasteiger partial charge in [-0.2, -0.15) is 5.10 Å². The number of hydrogen-bond acceptors (Lipinski definition) is 3. The van der Waals surface area contributed by atoms with Gasteiger partial charge in [0.2, 0.25) is 11.8 Å². The summed E-state index contributed by atoms with van der Waals surface area (Å²) in [5, 5.41) is 7.37. The number of carbonyl (C=O) groups excluding carboxylic acids is 2. The SMILES string of the molecule is Cc1c([C@@H](C)NC(=O)CC2CCN(C(=O)CC3CCCCC3)CC2)cnn1C. The molecule has 0 radical (unpaired) electrons. The molecule has 28 heavy (non-hydrogen) atoms. The van der Waals surface area contributed by atoms with Gasteiger partial charge >= 0.3 is 0 Å². The Hall–Kier alpha value is -1.85. The summed E-state index contributed by atoms with van der Waals surface area (Å²) in [6.45, 7) is 5.64. The third-order valence-corrected chi connectivity index (χ3v) is 6.75. The smallest absolute Gasteiger partial charge is 0.222 e. The van der Waals surface area contributed by atoms with Gasteiger partial charge in [-0.25, -0.2) is 0 Å². The summed E-state index contributed by atoms with van der Waals surface area (Å²) in [5.41, 5.74) is 2.15. The number of aromatic nitrogens is 2. The van der Waals surface area contributed by atoms with Crippen molar-refractivity contribution in [2.45, 2.75) is 77.7 Å². The fourth-order valence-corrected chi connectivity index (χ4v) is 4.73. The minimum atomic E-state index is -0.0293. The van der Waals surface area contributed by atoms with Gasteiger partial charge in [0.1, 0.15) is 0 Å². The van der Waals surface area contributed by atoms with E-state index in [-0.39, 0.29) is 11.9 Å². The molecule has 1 aromatic heterocycles. The minimum Gasteiger partial charge on any atom is -0.349 e. The summed E-state index contributed by atoms with van der Waals surface area (Å²) < 4.78 is 1.83. The second-order valence-corrected chi connectivity index (χ2v) is 8.83. The Kier molecular flexibility index (Phi) is 7.13. The first kappa shape index (κ1) is 20.9. The van der Waals surface area contributed by atoms with Crippen LogP contribution in [0, 0.1) is 18.8 Å². The molecule has 1 aliphatic heterocycles. The van der Waals surface area contributed by atoms with Crippen LogP contribution in [0.2, 0.25) is 0 Å². The summed E-state index contributed by atoms with van der Waals surface area (Å²) in [4.78, 5) is 27.1. The molecule has 1 saturated carbocycles. The second kappa shape index (κ2) is 9.57. The Morgan fingerprint density at radius 2 is 1.75 bits per heavy atom. The van der Waals surface area contributed by atoms with Crippen molar-refractivity contribution in [1.29, 1.82) is 0 Å². The van der Waals surface area contributed by atoms with Gasteiger partial charge in [0, 0.05) is 44.2 Å². The first-order valence-electron chi connectivity index (χ1n) is 11.0. The van der Waals surface area contributed by atoms with E-state index in [1.807, 2.05) is 36.7 Å². The van der Waals surface area contributed by atoms with Crippen LogP contribution in [-0.2, 0) is 16.6 Å². The molecular weight excluding hydrogens is 352 g/mol. The number of nitrogens with one attached hydrogen (secondary N) is 1. The van der Waals surface area contributed by atoms with Crippen LogP contribution < -0.4 is 5.32 Å². The van der Waals surface area contributed by atoms with Gasteiger partial charge in [-0.15, -0.1) is 0 Å². The monoisotopic (exact) mass is 388 g/mol. The lowest BCUT2D eigenvalue weighted by Gasteiger charge is -2.33. The van der Waals surface area contributed by atoms with Gasteiger partial charge in [-0.3, -0.25) is 14.3 Å². The Bertz CT molecular complexity index is 670. The van der Waals surface area contributed by atoms with Crippen molar-refractivity contribution in [3.05, 3.63) is 17.5 Å². The lowest BCUT2D eigenvalue weighted by Crippen LogP contribution is -2.40. The van der Waals surface area contributed by atoms with Crippen molar-refractivity contribution < 1.29 is 9.59 Å². The molecule has 2 heterocycles. The van der Waals surface area contributed by atoms with Gasteiger partial charge < -0.3 is 10.2 Å². The number of nitrogens with zero attached hydrogens (tertiary/aromatic N) is 3. The van der Waals surface area contributed by atoms with Crippen molar-refractivity contribution >= 4 is 11.8 Å². The van der Waals surface area contributed by atoms with Crippen LogP contribution >= 0.6 is 0 Å². The maximum Gasteiger partial charge on any atom is 0.222 e. The zero-order valence-electron chi connectivity index (χ0n) is 17.7. The molecule has 2 aliphatic rings. The standard InChI is InChI=1S/C22H36N4O2/c1-16(20-15-23-25(3)17(20)2)24-21(27)13-19-9-11-26(12-10-19)22(28)14-18-7-5-4-6-8-18/h15-16,18-19H,4-14H2,1-3H3,(H,24,27)/t16-/m1/s1. The number of likely N-dealkylation sites (tertiary alicyclic amines) is 1. The quantitative estimate of drug-likeness (QED) is 0.811. The molecule has 1 saturated heterocycles. The van der Waals surface area contributed by atoms with Gasteiger partial charge in [0.05, 0.1) is 12.2 Å². The molecular formula is C22H36N4O2. The molecule has 0 spiro atoms. The zero-order chi connectivity index (χ0) is 20.1. The second-order valence-electron chi connectivity index (χ2n) is 8.83. The Labute approximate surface area is 169 Å². The minimum absolute atomic E-state index is 0.0293. The number of carbonyl (C=O) groups is 2. The van der Waals surface area contributed by atoms with E-state index >= 15 is 0 Å². The topological polar surface area (TPSA) is 67.2 Å². The van der Waals surface area contributed by atoms with E-state index < -0.39 is 0 Å². The number of rotatable bonds is 6. The van der Waals surface area contributed by atoms with Crippen molar-refractivity contribution in [3.63, 3.8) is 0 Å². The molecule has 0 bridgehead atoms. The molecule has 1 N–H and O–H groups in total. The summed E-state index contributed by atoms with van der Waals surface area (Å²) in [6, 6.07) is -0.0293. The molecule has 6 nitrogen and oxygen atoms in total. The van der Waals surface area contributed by atoms with E-state index in [4.69, 9.17) is 0 Å². The van der Waals surface area contributed by atoms with Gasteiger partial charge in [-0.1, -0.05) is 19.3 Å². The van der Waals surface area contributed by atoms with Crippen LogP contribution in [0.3, 0.4) is 0 Å². The first-order chi connectivity index (χ1) is 13.4. The molecule has 2 fully saturated rings. The molecule has 2 amide bonds. The molecule has 1 atom stereocenters. The number of amides is 2. The third-order valence-electron chi connectivity index (χ3n) is 6.75. The van der Waals surface area contributed by atoms with E-state index in [0.29, 0.717) is 24.2 Å². The highest BCUT2D eigenvalue weighted by Crippen LogP contribution is 2.28. The van der Waals surface area contributed by atoms with Crippen LogP contribution in [0.25, 0.3) is 0 Å². The molecule has 1 aliphatic carbocycles. The van der Waals surface area contributed by atoms with Crippen LogP contribution in [0.4, 0.5) is 0 Å². The maximum absolute atomic E-state index is 12.6. The molecule has 6 heteroatoms. The predicted molar refractivity (Wildman–Crippen MR) is 110 cm³/mol. The van der Waals surface area contributed by atoms with E-state index in [2.05, 4.69) is 10.4 Å². The summed E-state index contributed by atoms with van der Waals surface area (Å²) in [5.74, 6) is 1.40. The van der Waals surface area contributed by atoms with Crippen LogP contribution in [0.15, 0.2) is 6.20 Å². The Morgan fingerprint density at radius 1 is 1.11 bits per heavy atom. The third kappa shape index (κ3) is 5.36.